The van der Waals surface area contributed by atoms with Gasteiger partial charge in [-0.25, -0.2) is 9.97 Å². The largest absolute Gasteiger partial charge is 0.339 e. The van der Waals surface area contributed by atoms with Crippen LogP contribution in [-0.2, 0) is 0 Å². The lowest BCUT2D eigenvalue weighted by Crippen LogP contribution is -2.12. The second-order valence-corrected chi connectivity index (χ2v) is 3.84. The van der Waals surface area contributed by atoms with E-state index in [4.69, 9.17) is 0 Å². The third-order valence-corrected chi connectivity index (χ3v) is 2.89. The van der Waals surface area contributed by atoms with Crippen molar-refractivity contribution in [3.05, 3.63) is 41.1 Å². The van der Waals surface area contributed by atoms with E-state index in [0.717, 1.165) is 11.3 Å². The number of hydrogen-bond donors (Lipinski definition) is 2. The Hall–Kier alpha value is -2.63. The van der Waals surface area contributed by atoms with Crippen molar-refractivity contribution in [2.24, 2.45) is 0 Å². The molecule has 2 aromatic heterocycles. The molecule has 0 atom stereocenters. The predicted octanol–water partition coefficient (Wildman–Crippen LogP) is 1.00. The molecule has 0 saturated carbocycles. The molecule has 17 heavy (non-hydrogen) atoms. The maximum absolute atomic E-state index is 11.7. The van der Waals surface area contributed by atoms with Crippen molar-refractivity contribution in [1.29, 1.82) is 0 Å². The van der Waals surface area contributed by atoms with Gasteiger partial charge in [0.25, 0.3) is 5.56 Å². The van der Waals surface area contributed by atoms with Crippen LogP contribution in [0.4, 0.5) is 0 Å². The van der Waals surface area contributed by atoms with Crippen molar-refractivity contribution in [2.75, 3.05) is 0 Å². The zero-order valence-corrected chi connectivity index (χ0v) is 8.64. The molecule has 0 spiro atoms. The highest BCUT2D eigenvalue weighted by atomic mass is 16.1. The van der Waals surface area contributed by atoms with Gasteiger partial charge in [-0.2, -0.15) is 0 Å². The Morgan fingerprint density at radius 1 is 1.24 bits per heavy atom. The van der Waals surface area contributed by atoms with Crippen LogP contribution in [0.1, 0.15) is 0 Å². The van der Waals surface area contributed by atoms with Crippen LogP contribution in [0.5, 0.6) is 0 Å². The normalized spacial score (nSPS) is 11.8. The summed E-state index contributed by atoms with van der Waals surface area (Å²) < 4.78 is 1.84. The lowest BCUT2D eigenvalue weighted by Gasteiger charge is -2.07. The second-order valence-electron chi connectivity index (χ2n) is 3.84. The molecule has 0 amide bonds. The first-order valence-corrected chi connectivity index (χ1v) is 5.16. The summed E-state index contributed by atoms with van der Waals surface area (Å²) in [6.45, 7) is 0. The predicted molar refractivity (Wildman–Crippen MR) is 62.1 cm³/mol. The van der Waals surface area contributed by atoms with Crippen LogP contribution in [0.15, 0.2) is 35.5 Å². The summed E-state index contributed by atoms with van der Waals surface area (Å²) in [6, 6.07) is 5.89. The van der Waals surface area contributed by atoms with Crippen molar-refractivity contribution in [3.63, 3.8) is 0 Å². The summed E-state index contributed by atoms with van der Waals surface area (Å²) in [5, 5.41) is 0. The van der Waals surface area contributed by atoms with Gasteiger partial charge in [0.1, 0.15) is 5.52 Å². The Morgan fingerprint density at radius 2 is 2.18 bits per heavy atom. The molecule has 0 fully saturated rings. The molecule has 0 saturated heterocycles. The van der Waals surface area contributed by atoms with Gasteiger partial charge in [0.05, 0.1) is 12.0 Å². The maximum atomic E-state index is 11.7. The van der Waals surface area contributed by atoms with E-state index in [0.29, 0.717) is 16.9 Å². The van der Waals surface area contributed by atoms with Crippen molar-refractivity contribution in [3.8, 4) is 11.3 Å². The van der Waals surface area contributed by atoms with Gasteiger partial charge in [0.15, 0.2) is 5.65 Å². The molecule has 0 radical (unpaired) electrons. The summed E-state index contributed by atoms with van der Waals surface area (Å²) in [5.41, 5.74) is 2.82. The summed E-state index contributed by atoms with van der Waals surface area (Å²) in [6.07, 6.45) is 3.24. The van der Waals surface area contributed by atoms with Gasteiger partial charge < -0.3 is 4.98 Å². The quantitative estimate of drug-likeness (QED) is 0.468. The Balaban J connectivity index is 2.42. The number of H-pyrrole nitrogens is 2. The molecule has 0 unspecified atom stereocenters. The molecule has 6 nitrogen and oxygen atoms in total. The smallest absolute Gasteiger partial charge is 0.278 e. The molecule has 3 heterocycles. The molecule has 1 aliphatic heterocycles. The second kappa shape index (κ2) is 2.73. The first-order valence-electron chi connectivity index (χ1n) is 5.16. The van der Waals surface area contributed by atoms with Gasteiger partial charge in [-0.05, 0) is 6.07 Å². The minimum Gasteiger partial charge on any atom is -0.339 e. The van der Waals surface area contributed by atoms with Crippen molar-refractivity contribution in [2.45, 2.75) is 0 Å². The number of nitrogens with zero attached hydrogens (tertiary/aromatic N) is 3. The Bertz CT molecular complexity index is 868. The van der Waals surface area contributed by atoms with E-state index in [9.17, 15) is 4.79 Å². The average molecular weight is 225 g/mol. The Labute approximate surface area is 94.3 Å². The van der Waals surface area contributed by atoms with E-state index in [1.165, 1.54) is 6.33 Å². The van der Waals surface area contributed by atoms with Gasteiger partial charge in [0.2, 0.25) is 5.78 Å². The zero-order chi connectivity index (χ0) is 11.4. The fraction of sp³-hybridized carbons (Fsp3) is 0. The summed E-state index contributed by atoms with van der Waals surface area (Å²) >= 11 is 0. The minimum atomic E-state index is -0.212. The topological polar surface area (TPSA) is 78.8 Å². The molecule has 2 aliphatic rings. The molecule has 6 heteroatoms. The molecule has 82 valence electrons. The van der Waals surface area contributed by atoms with Crippen LogP contribution >= 0.6 is 0 Å². The molecule has 0 aromatic carbocycles. The van der Waals surface area contributed by atoms with Crippen LogP contribution in [0.3, 0.4) is 0 Å². The number of hydrogen-bond acceptors (Lipinski definition) is 3. The third kappa shape index (κ3) is 0.963. The molecule has 1 aliphatic carbocycles. The van der Waals surface area contributed by atoms with E-state index in [1.807, 2.05) is 22.6 Å². The van der Waals surface area contributed by atoms with Gasteiger partial charge in [-0.1, -0.05) is 12.1 Å². The first-order chi connectivity index (χ1) is 8.34. The number of fused-ring (bicyclic) bond motifs is 5. The fourth-order valence-corrected chi connectivity index (χ4v) is 2.13. The minimum absolute atomic E-state index is 0.212. The molecular formula is C11H7N5O. The molecule has 0 bridgehead atoms. The van der Waals surface area contributed by atoms with Gasteiger partial charge in [-0.3, -0.25) is 14.2 Å². The van der Waals surface area contributed by atoms with Crippen molar-refractivity contribution < 1.29 is 0 Å². The Kier molecular flexibility index (Phi) is 1.37. The zero-order valence-electron chi connectivity index (χ0n) is 8.64. The van der Waals surface area contributed by atoms with E-state index >= 15 is 0 Å². The fourth-order valence-electron chi connectivity index (χ4n) is 2.13. The monoisotopic (exact) mass is 225 g/mol. The van der Waals surface area contributed by atoms with Crippen LogP contribution in [0.25, 0.3) is 28.2 Å². The van der Waals surface area contributed by atoms with E-state index in [1.54, 1.807) is 6.20 Å². The number of aromatic nitrogens is 5. The van der Waals surface area contributed by atoms with Crippen LogP contribution < -0.4 is 5.56 Å². The van der Waals surface area contributed by atoms with E-state index in [2.05, 4.69) is 19.9 Å². The van der Waals surface area contributed by atoms with Gasteiger partial charge >= 0.3 is 0 Å². The first kappa shape index (κ1) is 8.51. The number of aromatic amines is 2. The van der Waals surface area contributed by atoms with Crippen LogP contribution in [0, 0.1) is 0 Å². The Morgan fingerprint density at radius 3 is 3.12 bits per heavy atom. The van der Waals surface area contributed by atoms with E-state index < -0.39 is 0 Å². The highest BCUT2D eigenvalue weighted by Crippen LogP contribution is 2.23. The third-order valence-electron chi connectivity index (χ3n) is 2.89. The maximum Gasteiger partial charge on any atom is 0.278 e. The molecular weight excluding hydrogens is 218 g/mol. The molecule has 2 N–H and O–H groups in total. The van der Waals surface area contributed by atoms with Crippen molar-refractivity contribution in [1.82, 2.24) is 24.3 Å². The molecule has 2 aromatic rings. The number of imidazole rings is 1. The van der Waals surface area contributed by atoms with Crippen LogP contribution in [0.2, 0.25) is 0 Å². The average Bonchev–Trinajstić information content (AvgIpc) is 2.96. The summed E-state index contributed by atoms with van der Waals surface area (Å²) in [4.78, 5) is 25.7. The highest BCUT2D eigenvalue weighted by molar-refractivity contribution is 5.77. The van der Waals surface area contributed by atoms with Gasteiger partial charge in [-0.15, -0.1) is 0 Å². The van der Waals surface area contributed by atoms with E-state index in [-0.39, 0.29) is 5.56 Å². The summed E-state index contributed by atoms with van der Waals surface area (Å²) in [5.74, 6) is 0.494. The van der Waals surface area contributed by atoms with Gasteiger partial charge in [0, 0.05) is 11.8 Å². The standard InChI is InChI=1S/C11H7N5O/c17-10-8-9(14-5-13-8)16-7-3-1-2-6(7)4-12-11(16)15-10/h1-5H,(H,13,14)(H,12,15,17). The lowest BCUT2D eigenvalue weighted by atomic mass is 10.3. The lowest BCUT2D eigenvalue weighted by molar-refractivity contribution is 1.06. The number of nitrogens with one attached hydrogen (secondary N) is 2. The SMILES string of the molecule is O=c1[nH]c2ncc3cccc-3n2c2nc[nH]c12. The van der Waals surface area contributed by atoms with Crippen LogP contribution in [-0.4, -0.2) is 24.3 Å². The highest BCUT2D eigenvalue weighted by Gasteiger charge is 2.13. The number of rotatable bonds is 0. The molecule has 4 rings (SSSR count). The van der Waals surface area contributed by atoms with Crippen molar-refractivity contribution >= 4 is 16.9 Å². The summed E-state index contributed by atoms with van der Waals surface area (Å²) in [7, 11) is 0.